The smallest absolute Gasteiger partial charge is 0.152 e. The Hall–Kier alpha value is -1.98. The summed E-state index contributed by atoms with van der Waals surface area (Å²) in [6, 6.07) is 7.16. The minimum Gasteiger partial charge on any atom is -0.339 e. The molecule has 0 spiro atoms. The summed E-state index contributed by atoms with van der Waals surface area (Å²) in [7, 11) is 0. The number of fused-ring (bicyclic) bond motifs is 1. The van der Waals surface area contributed by atoms with Crippen LogP contribution < -0.4 is 10.6 Å². The number of halogens is 1. The number of anilines is 2. The van der Waals surface area contributed by atoms with Gasteiger partial charge in [0.05, 0.1) is 12.7 Å². The maximum absolute atomic E-state index is 6.33. The maximum Gasteiger partial charge on any atom is 0.152 e. The van der Waals surface area contributed by atoms with Crippen LogP contribution in [0.15, 0.2) is 29.4 Å². The molecule has 5 nitrogen and oxygen atoms in total. The van der Waals surface area contributed by atoms with Gasteiger partial charge < -0.3 is 10.6 Å². The molecule has 6 heteroatoms. The fourth-order valence-corrected chi connectivity index (χ4v) is 3.90. The maximum atomic E-state index is 6.33. The minimum atomic E-state index is 0.358. The number of nitrogens with one attached hydrogen (secondary N) is 2. The zero-order chi connectivity index (χ0) is 17.4. The summed E-state index contributed by atoms with van der Waals surface area (Å²) in [6.45, 7) is 5.19. The highest BCUT2D eigenvalue weighted by Gasteiger charge is 2.27. The fraction of sp³-hybridized carbons (Fsp3) is 0.421. The molecule has 0 saturated carbocycles. The van der Waals surface area contributed by atoms with Gasteiger partial charge in [-0.05, 0) is 49.9 Å². The van der Waals surface area contributed by atoms with Gasteiger partial charge in [0.25, 0.3) is 0 Å². The Morgan fingerprint density at radius 1 is 1.20 bits per heavy atom. The van der Waals surface area contributed by atoms with Gasteiger partial charge in [-0.3, -0.25) is 4.99 Å². The van der Waals surface area contributed by atoms with E-state index in [0.717, 1.165) is 36.5 Å². The first kappa shape index (κ1) is 16.5. The van der Waals surface area contributed by atoms with Crippen LogP contribution in [0.3, 0.4) is 0 Å². The van der Waals surface area contributed by atoms with Gasteiger partial charge in [-0.25, -0.2) is 9.97 Å². The first-order chi connectivity index (χ1) is 12.1. The van der Waals surface area contributed by atoms with Gasteiger partial charge in [-0.15, -0.1) is 0 Å². The average Bonchev–Trinajstić information content (AvgIpc) is 3.03. The van der Waals surface area contributed by atoms with Gasteiger partial charge in [0.1, 0.15) is 10.8 Å². The van der Waals surface area contributed by atoms with Gasteiger partial charge in [0.15, 0.2) is 5.82 Å². The first-order valence-electron chi connectivity index (χ1n) is 8.77. The molecule has 2 unspecified atom stereocenters. The number of hydrogen-bond acceptors (Lipinski definition) is 5. The third-order valence-corrected chi connectivity index (χ3v) is 5.15. The average molecular weight is 356 g/mol. The summed E-state index contributed by atoms with van der Waals surface area (Å²) in [5.74, 6) is 1.89. The number of benzene rings is 1. The third-order valence-electron chi connectivity index (χ3n) is 4.87. The Balaban J connectivity index is 1.58. The van der Waals surface area contributed by atoms with E-state index in [0.29, 0.717) is 28.8 Å². The molecular weight excluding hydrogens is 334 g/mol. The zero-order valence-corrected chi connectivity index (χ0v) is 15.2. The predicted molar refractivity (Wildman–Crippen MR) is 102 cm³/mol. The topological polar surface area (TPSA) is 62.2 Å². The van der Waals surface area contributed by atoms with E-state index < -0.39 is 0 Å². The van der Waals surface area contributed by atoms with E-state index in [4.69, 9.17) is 16.6 Å². The van der Waals surface area contributed by atoms with Crippen molar-refractivity contribution in [2.45, 2.75) is 51.2 Å². The highest BCUT2D eigenvalue weighted by Crippen LogP contribution is 2.31. The second-order valence-corrected chi connectivity index (χ2v) is 7.48. The molecule has 0 aliphatic carbocycles. The summed E-state index contributed by atoms with van der Waals surface area (Å²) < 4.78 is 0. The molecule has 2 atom stereocenters. The fourth-order valence-electron chi connectivity index (χ4n) is 3.76. The van der Waals surface area contributed by atoms with Crippen molar-refractivity contribution in [3.8, 4) is 0 Å². The van der Waals surface area contributed by atoms with Gasteiger partial charge in [0, 0.05) is 29.9 Å². The van der Waals surface area contributed by atoms with E-state index in [1.807, 2.05) is 12.3 Å². The Bertz CT molecular complexity index is 809. The van der Waals surface area contributed by atoms with E-state index in [-0.39, 0.29) is 0 Å². The van der Waals surface area contributed by atoms with E-state index >= 15 is 0 Å². The first-order valence-corrected chi connectivity index (χ1v) is 9.14. The SMILES string of the molecule is CC1CC(c2ncc(Cl)c(Nc3ccc4c(c3)C=NC4)n2)CC(C)N1. The Kier molecular flexibility index (Phi) is 4.44. The largest absolute Gasteiger partial charge is 0.339 e. The molecule has 2 aliphatic heterocycles. The standard InChI is InChI=1S/C19H22ClN5/c1-11-5-14(6-12(2)23-11)18-22-10-17(20)19(25-18)24-16-4-3-13-8-21-9-15(13)7-16/h3-4,7,9-12,14,23H,5-6,8H2,1-2H3,(H,22,24,25). The molecule has 3 heterocycles. The lowest BCUT2D eigenvalue weighted by molar-refractivity contribution is 0.309. The number of hydrogen-bond donors (Lipinski definition) is 2. The second kappa shape index (κ2) is 6.73. The van der Waals surface area contributed by atoms with Crippen LogP contribution in [0.5, 0.6) is 0 Å². The van der Waals surface area contributed by atoms with E-state index in [2.05, 4.69) is 46.6 Å². The predicted octanol–water partition coefficient (Wildman–Crippen LogP) is 4.05. The molecule has 25 heavy (non-hydrogen) atoms. The van der Waals surface area contributed by atoms with Crippen LogP contribution in [-0.2, 0) is 6.54 Å². The monoisotopic (exact) mass is 355 g/mol. The molecule has 1 aromatic carbocycles. The molecule has 1 fully saturated rings. The molecule has 2 aromatic rings. The van der Waals surface area contributed by atoms with Crippen molar-refractivity contribution in [3.05, 3.63) is 46.4 Å². The number of aromatic nitrogens is 2. The number of nitrogens with zero attached hydrogens (tertiary/aromatic N) is 3. The van der Waals surface area contributed by atoms with Crippen LogP contribution >= 0.6 is 11.6 Å². The summed E-state index contributed by atoms with van der Waals surface area (Å²) >= 11 is 6.33. The molecule has 1 saturated heterocycles. The van der Waals surface area contributed by atoms with Crippen LogP contribution in [0.1, 0.15) is 49.6 Å². The Morgan fingerprint density at radius 3 is 2.80 bits per heavy atom. The van der Waals surface area contributed by atoms with Crippen LogP contribution in [0.2, 0.25) is 5.02 Å². The zero-order valence-electron chi connectivity index (χ0n) is 14.5. The van der Waals surface area contributed by atoms with Crippen molar-refractivity contribution in [1.29, 1.82) is 0 Å². The lowest BCUT2D eigenvalue weighted by atomic mass is 9.88. The molecule has 2 aliphatic rings. The number of aliphatic imine (C=N–C) groups is 1. The van der Waals surface area contributed by atoms with Crippen molar-refractivity contribution >= 4 is 29.3 Å². The summed E-state index contributed by atoms with van der Waals surface area (Å²) in [5, 5.41) is 7.44. The van der Waals surface area contributed by atoms with E-state index in [9.17, 15) is 0 Å². The minimum absolute atomic E-state index is 0.358. The Morgan fingerprint density at radius 2 is 2.00 bits per heavy atom. The van der Waals surface area contributed by atoms with Gasteiger partial charge in [-0.2, -0.15) is 0 Å². The van der Waals surface area contributed by atoms with Crippen molar-refractivity contribution in [1.82, 2.24) is 15.3 Å². The molecule has 0 radical (unpaired) electrons. The van der Waals surface area contributed by atoms with Gasteiger partial charge in [-0.1, -0.05) is 17.7 Å². The van der Waals surface area contributed by atoms with Crippen LogP contribution in [-0.4, -0.2) is 28.3 Å². The van der Waals surface area contributed by atoms with Crippen LogP contribution in [0, 0.1) is 0 Å². The molecule has 2 N–H and O–H groups in total. The summed E-state index contributed by atoms with van der Waals surface area (Å²) in [5.41, 5.74) is 3.36. The molecule has 0 bridgehead atoms. The van der Waals surface area contributed by atoms with Crippen LogP contribution in [0.25, 0.3) is 0 Å². The lowest BCUT2D eigenvalue weighted by Gasteiger charge is -2.32. The second-order valence-electron chi connectivity index (χ2n) is 7.07. The van der Waals surface area contributed by atoms with Crippen molar-refractivity contribution < 1.29 is 0 Å². The van der Waals surface area contributed by atoms with Crippen molar-refractivity contribution in [2.75, 3.05) is 5.32 Å². The molecule has 4 rings (SSSR count). The Labute approximate surface area is 152 Å². The third kappa shape index (κ3) is 3.53. The number of rotatable bonds is 3. The van der Waals surface area contributed by atoms with E-state index in [1.54, 1.807) is 6.20 Å². The van der Waals surface area contributed by atoms with Gasteiger partial charge in [0.2, 0.25) is 0 Å². The lowest BCUT2D eigenvalue weighted by Crippen LogP contribution is -2.41. The molecule has 0 amide bonds. The quantitative estimate of drug-likeness (QED) is 0.871. The van der Waals surface area contributed by atoms with Crippen LogP contribution in [0.4, 0.5) is 11.5 Å². The highest BCUT2D eigenvalue weighted by molar-refractivity contribution is 6.32. The normalized spacial score (nSPS) is 25.0. The summed E-state index contributed by atoms with van der Waals surface area (Å²) in [6.07, 6.45) is 5.70. The molecular formula is C19H22ClN5. The summed E-state index contributed by atoms with van der Waals surface area (Å²) in [4.78, 5) is 13.5. The van der Waals surface area contributed by atoms with Crippen molar-refractivity contribution in [3.63, 3.8) is 0 Å². The number of piperidine rings is 1. The van der Waals surface area contributed by atoms with Crippen molar-refractivity contribution in [2.24, 2.45) is 4.99 Å². The highest BCUT2D eigenvalue weighted by atomic mass is 35.5. The van der Waals surface area contributed by atoms with E-state index in [1.165, 1.54) is 5.56 Å². The molecule has 1 aromatic heterocycles. The molecule has 130 valence electrons. The van der Waals surface area contributed by atoms with Gasteiger partial charge >= 0.3 is 0 Å².